The summed E-state index contributed by atoms with van der Waals surface area (Å²) in [5.74, 6) is -0.0690. The highest BCUT2D eigenvalue weighted by atomic mass is 35.5. The van der Waals surface area contributed by atoms with Crippen LogP contribution < -0.4 is 10.9 Å². The quantitative estimate of drug-likeness (QED) is 0.528. The molecule has 0 saturated carbocycles. The Morgan fingerprint density at radius 3 is 2.77 bits per heavy atom. The second-order valence-electron chi connectivity index (χ2n) is 5.78. The van der Waals surface area contributed by atoms with Crippen LogP contribution in [0.4, 0.5) is 5.69 Å². The number of anilines is 1. The van der Waals surface area contributed by atoms with Gasteiger partial charge in [-0.25, -0.2) is 4.98 Å². The van der Waals surface area contributed by atoms with Crippen molar-refractivity contribution in [3.05, 3.63) is 63.4 Å². The summed E-state index contributed by atoms with van der Waals surface area (Å²) in [6, 6.07) is 12.7. The van der Waals surface area contributed by atoms with E-state index in [9.17, 15) is 9.59 Å². The number of amides is 1. The third-order valence-electron chi connectivity index (χ3n) is 3.87. The van der Waals surface area contributed by atoms with Gasteiger partial charge in [0.25, 0.3) is 5.56 Å². The van der Waals surface area contributed by atoms with Crippen molar-refractivity contribution >= 4 is 45.9 Å². The number of aromatic nitrogens is 2. The van der Waals surface area contributed by atoms with Gasteiger partial charge in [0.2, 0.25) is 5.91 Å². The number of thioether (sulfide) groups is 1. The molecule has 0 radical (unpaired) electrons. The number of nitrogens with zero attached hydrogens (tertiary/aromatic N) is 2. The van der Waals surface area contributed by atoms with Gasteiger partial charge in [-0.1, -0.05) is 41.6 Å². The summed E-state index contributed by atoms with van der Waals surface area (Å²) in [7, 11) is 0. The van der Waals surface area contributed by atoms with Gasteiger partial charge < -0.3 is 5.32 Å². The number of aryl methyl sites for hydroxylation is 1. The molecule has 0 unspecified atom stereocenters. The Bertz CT molecular complexity index is 1030. The lowest BCUT2D eigenvalue weighted by Gasteiger charge is -2.11. The molecule has 1 amide bonds. The maximum atomic E-state index is 12.6. The van der Waals surface area contributed by atoms with Crippen LogP contribution in [0.25, 0.3) is 10.9 Å². The summed E-state index contributed by atoms with van der Waals surface area (Å²) in [6.45, 7) is 4.31. The van der Waals surface area contributed by atoms with E-state index in [2.05, 4.69) is 10.3 Å². The molecule has 0 bridgehead atoms. The molecule has 3 aromatic rings. The number of carbonyl (C=O) groups is 1. The number of hydrogen-bond donors (Lipinski definition) is 1. The predicted molar refractivity (Wildman–Crippen MR) is 107 cm³/mol. The maximum absolute atomic E-state index is 12.6. The maximum Gasteiger partial charge on any atom is 0.262 e. The van der Waals surface area contributed by atoms with Crippen molar-refractivity contribution in [1.82, 2.24) is 9.55 Å². The Hall–Kier alpha value is -2.31. The highest BCUT2D eigenvalue weighted by molar-refractivity contribution is 7.99. The van der Waals surface area contributed by atoms with E-state index in [1.54, 1.807) is 28.8 Å². The molecule has 1 heterocycles. The molecule has 0 aliphatic rings. The van der Waals surface area contributed by atoms with Crippen LogP contribution in [0, 0.1) is 6.92 Å². The molecule has 0 spiro atoms. The fraction of sp³-hybridized carbons (Fsp3) is 0.211. The van der Waals surface area contributed by atoms with Gasteiger partial charge in [0.05, 0.1) is 27.4 Å². The van der Waals surface area contributed by atoms with Crippen LogP contribution in [0.5, 0.6) is 0 Å². The van der Waals surface area contributed by atoms with Crippen molar-refractivity contribution in [3.8, 4) is 0 Å². The third-order valence-corrected chi connectivity index (χ3v) is 5.16. The second-order valence-corrected chi connectivity index (χ2v) is 7.13. The summed E-state index contributed by atoms with van der Waals surface area (Å²) in [6.07, 6.45) is 0. The van der Waals surface area contributed by atoms with Crippen molar-refractivity contribution < 1.29 is 4.79 Å². The number of rotatable bonds is 5. The van der Waals surface area contributed by atoms with Gasteiger partial charge in [-0.15, -0.1) is 0 Å². The minimum atomic E-state index is -0.203. The largest absolute Gasteiger partial charge is 0.324 e. The smallest absolute Gasteiger partial charge is 0.262 e. The van der Waals surface area contributed by atoms with Crippen LogP contribution in [0.15, 0.2) is 52.4 Å². The van der Waals surface area contributed by atoms with Crippen molar-refractivity contribution in [2.24, 2.45) is 0 Å². The first-order chi connectivity index (χ1) is 12.5. The van der Waals surface area contributed by atoms with Crippen molar-refractivity contribution in [1.29, 1.82) is 0 Å². The summed E-state index contributed by atoms with van der Waals surface area (Å²) >= 11 is 7.38. The molecule has 134 valence electrons. The Balaban J connectivity index is 1.78. The SMILES string of the molecule is CCn1c(SCC(=O)Nc2ccc(C)cc2Cl)nc2ccccc2c1=O. The van der Waals surface area contributed by atoms with Gasteiger partial charge in [0.15, 0.2) is 5.16 Å². The molecule has 0 aliphatic heterocycles. The molecule has 1 N–H and O–H groups in total. The van der Waals surface area contributed by atoms with E-state index in [1.807, 2.05) is 32.0 Å². The zero-order chi connectivity index (χ0) is 18.7. The molecule has 1 aromatic heterocycles. The van der Waals surface area contributed by atoms with Gasteiger partial charge in [0, 0.05) is 6.54 Å². The van der Waals surface area contributed by atoms with Crippen molar-refractivity contribution in [2.45, 2.75) is 25.5 Å². The lowest BCUT2D eigenvalue weighted by molar-refractivity contribution is -0.113. The lowest BCUT2D eigenvalue weighted by Crippen LogP contribution is -2.23. The number of fused-ring (bicyclic) bond motifs is 1. The van der Waals surface area contributed by atoms with Gasteiger partial charge in [-0.2, -0.15) is 0 Å². The first kappa shape index (κ1) is 18.5. The average molecular weight is 388 g/mol. The number of para-hydroxylation sites is 1. The summed E-state index contributed by atoms with van der Waals surface area (Å²) in [5.41, 5.74) is 2.13. The van der Waals surface area contributed by atoms with Crippen LogP contribution in [0.2, 0.25) is 5.02 Å². The number of carbonyl (C=O) groups excluding carboxylic acids is 1. The molecule has 3 rings (SSSR count). The minimum Gasteiger partial charge on any atom is -0.324 e. The van der Waals surface area contributed by atoms with Gasteiger partial charge in [-0.05, 0) is 43.7 Å². The zero-order valence-electron chi connectivity index (χ0n) is 14.5. The molecule has 26 heavy (non-hydrogen) atoms. The highest BCUT2D eigenvalue weighted by Crippen LogP contribution is 2.23. The number of hydrogen-bond acceptors (Lipinski definition) is 4. The Labute approximate surface area is 160 Å². The van der Waals surface area contributed by atoms with Gasteiger partial charge in [0.1, 0.15) is 0 Å². The van der Waals surface area contributed by atoms with Crippen LogP contribution >= 0.6 is 23.4 Å². The van der Waals surface area contributed by atoms with E-state index in [0.29, 0.717) is 33.3 Å². The van der Waals surface area contributed by atoms with Crippen molar-refractivity contribution in [3.63, 3.8) is 0 Å². The molecule has 2 aromatic carbocycles. The van der Waals surface area contributed by atoms with E-state index < -0.39 is 0 Å². The van der Waals surface area contributed by atoms with Crippen molar-refractivity contribution in [2.75, 3.05) is 11.1 Å². The molecule has 0 atom stereocenters. The van der Waals surface area contributed by atoms with Gasteiger partial charge in [-0.3, -0.25) is 14.2 Å². The summed E-state index contributed by atoms with van der Waals surface area (Å²) in [5, 5.41) is 4.40. The Kier molecular flexibility index (Phi) is 5.64. The summed E-state index contributed by atoms with van der Waals surface area (Å²) < 4.78 is 1.58. The first-order valence-corrected chi connectivity index (χ1v) is 9.54. The van der Waals surface area contributed by atoms with E-state index in [4.69, 9.17) is 11.6 Å². The molecular weight excluding hydrogens is 370 g/mol. The second kappa shape index (κ2) is 7.93. The molecule has 0 aliphatic carbocycles. The number of benzene rings is 2. The van der Waals surface area contributed by atoms with E-state index >= 15 is 0 Å². The standard InChI is InChI=1S/C19H18ClN3O2S/c1-3-23-18(25)13-6-4-5-7-15(13)22-19(23)26-11-17(24)21-16-9-8-12(2)10-14(16)20/h4-10H,3,11H2,1-2H3,(H,21,24). The molecule has 0 fully saturated rings. The fourth-order valence-electron chi connectivity index (χ4n) is 2.57. The topological polar surface area (TPSA) is 64.0 Å². The van der Waals surface area contributed by atoms with Crippen LogP contribution in [0.3, 0.4) is 0 Å². The molecular formula is C19H18ClN3O2S. The number of nitrogens with one attached hydrogen (secondary N) is 1. The van der Waals surface area contributed by atoms with Crippen LogP contribution in [-0.4, -0.2) is 21.2 Å². The first-order valence-electron chi connectivity index (χ1n) is 8.18. The molecule has 7 heteroatoms. The normalized spacial score (nSPS) is 10.9. The molecule has 0 saturated heterocycles. The number of halogens is 1. The van der Waals surface area contributed by atoms with Crippen LogP contribution in [0.1, 0.15) is 12.5 Å². The van der Waals surface area contributed by atoms with E-state index in [-0.39, 0.29) is 17.2 Å². The Morgan fingerprint density at radius 2 is 2.04 bits per heavy atom. The molecule has 5 nitrogen and oxygen atoms in total. The lowest BCUT2D eigenvalue weighted by atomic mass is 10.2. The van der Waals surface area contributed by atoms with E-state index in [1.165, 1.54) is 11.8 Å². The van der Waals surface area contributed by atoms with Gasteiger partial charge >= 0.3 is 0 Å². The van der Waals surface area contributed by atoms with E-state index in [0.717, 1.165) is 5.56 Å². The predicted octanol–water partition coefficient (Wildman–Crippen LogP) is 4.11. The third kappa shape index (κ3) is 3.92. The average Bonchev–Trinajstić information content (AvgIpc) is 2.62. The minimum absolute atomic E-state index is 0.0948. The fourth-order valence-corrected chi connectivity index (χ4v) is 3.72. The summed E-state index contributed by atoms with van der Waals surface area (Å²) in [4.78, 5) is 29.4. The Morgan fingerprint density at radius 1 is 1.27 bits per heavy atom. The zero-order valence-corrected chi connectivity index (χ0v) is 16.0. The van der Waals surface area contributed by atoms with Crippen LogP contribution in [-0.2, 0) is 11.3 Å². The monoisotopic (exact) mass is 387 g/mol. The highest BCUT2D eigenvalue weighted by Gasteiger charge is 2.13.